The first-order chi connectivity index (χ1) is 23.7. The van der Waals surface area contributed by atoms with Crippen molar-refractivity contribution in [2.75, 3.05) is 26.7 Å². The topological polar surface area (TPSA) is 212 Å². The molecule has 274 valence electrons. The van der Waals surface area contributed by atoms with Gasteiger partial charge >= 0.3 is 5.97 Å². The molecule has 0 aliphatic carbocycles. The highest BCUT2D eigenvalue weighted by atomic mass is 16.5. The Morgan fingerprint density at radius 1 is 0.800 bits per heavy atom. The Kier molecular flexibility index (Phi) is 14.9. The summed E-state index contributed by atoms with van der Waals surface area (Å²) in [6, 6.07) is 14.7. The summed E-state index contributed by atoms with van der Waals surface area (Å²) in [7, 11) is 1.28. The predicted molar refractivity (Wildman–Crippen MR) is 191 cm³/mol. The van der Waals surface area contributed by atoms with Crippen molar-refractivity contribution in [3.05, 3.63) is 71.8 Å². The molecule has 13 heteroatoms. The molecular weight excluding hydrogens is 638 g/mol. The van der Waals surface area contributed by atoms with Crippen molar-refractivity contribution >= 4 is 29.6 Å². The fourth-order valence-electron chi connectivity index (χ4n) is 5.98. The van der Waals surface area contributed by atoms with E-state index in [2.05, 4.69) is 16.0 Å². The highest BCUT2D eigenvalue weighted by Crippen LogP contribution is 2.24. The predicted octanol–water partition coefficient (Wildman–Crippen LogP) is 0.922. The summed E-state index contributed by atoms with van der Waals surface area (Å²) < 4.78 is 4.85. The second kappa shape index (κ2) is 18.6. The molecule has 2 aromatic carbocycles. The molecule has 0 radical (unpaired) electrons. The number of amides is 4. The molecule has 0 unspecified atom stereocenters. The number of nitrogens with one attached hydrogen (secondary N) is 3. The van der Waals surface area contributed by atoms with E-state index in [0.29, 0.717) is 25.8 Å². The van der Waals surface area contributed by atoms with Crippen LogP contribution in [0.25, 0.3) is 0 Å². The van der Waals surface area contributed by atoms with E-state index in [0.717, 1.165) is 11.1 Å². The number of likely N-dealkylation sites (tertiary alicyclic amines) is 1. The second-order valence-corrected chi connectivity index (χ2v) is 14.2. The average molecular weight is 694 g/mol. The second-order valence-electron chi connectivity index (χ2n) is 14.2. The molecule has 2 aromatic rings. The number of carbonyl (C=O) groups is 5. The summed E-state index contributed by atoms with van der Waals surface area (Å²) in [6.45, 7) is 6.29. The van der Waals surface area contributed by atoms with Crippen molar-refractivity contribution in [2.24, 2.45) is 22.6 Å². The van der Waals surface area contributed by atoms with Crippen molar-refractivity contribution in [1.29, 1.82) is 0 Å². The Bertz CT molecular complexity index is 1420. The highest BCUT2D eigenvalue weighted by molar-refractivity contribution is 5.95. The van der Waals surface area contributed by atoms with Gasteiger partial charge in [-0.25, -0.2) is 0 Å². The van der Waals surface area contributed by atoms with Crippen LogP contribution >= 0.6 is 0 Å². The van der Waals surface area contributed by atoms with Gasteiger partial charge in [-0.1, -0.05) is 81.4 Å². The smallest absolute Gasteiger partial charge is 0.325 e. The summed E-state index contributed by atoms with van der Waals surface area (Å²) in [4.78, 5) is 68.8. The number of nitrogens with two attached hydrogens (primary N) is 3. The molecule has 4 amide bonds. The van der Waals surface area contributed by atoms with Crippen molar-refractivity contribution in [3.8, 4) is 0 Å². The van der Waals surface area contributed by atoms with Crippen molar-refractivity contribution in [2.45, 2.75) is 95.4 Å². The normalized spacial score (nSPS) is 16.7. The molecule has 3 rings (SSSR count). The van der Waals surface area contributed by atoms with Gasteiger partial charge in [0, 0.05) is 19.5 Å². The molecule has 1 aliphatic heterocycles. The van der Waals surface area contributed by atoms with Gasteiger partial charge < -0.3 is 42.8 Å². The van der Waals surface area contributed by atoms with Crippen LogP contribution in [0.1, 0.15) is 64.0 Å². The lowest BCUT2D eigenvalue weighted by Crippen LogP contribution is -2.62. The van der Waals surface area contributed by atoms with E-state index in [9.17, 15) is 24.0 Å². The van der Waals surface area contributed by atoms with E-state index >= 15 is 0 Å². The molecule has 0 aromatic heterocycles. The average Bonchev–Trinajstić information content (AvgIpc) is 3.09. The van der Waals surface area contributed by atoms with Gasteiger partial charge in [0.15, 0.2) is 0 Å². The largest absolute Gasteiger partial charge is 0.468 e. The maximum absolute atomic E-state index is 14.0. The van der Waals surface area contributed by atoms with E-state index in [1.807, 2.05) is 81.4 Å². The van der Waals surface area contributed by atoms with Crippen molar-refractivity contribution < 1.29 is 28.7 Å². The van der Waals surface area contributed by atoms with Crippen LogP contribution in [0.3, 0.4) is 0 Å². The molecule has 0 saturated carbocycles. The summed E-state index contributed by atoms with van der Waals surface area (Å²) in [6.07, 6.45) is 2.47. The number of carbonyl (C=O) groups excluding carboxylic acids is 5. The minimum atomic E-state index is -1.18. The van der Waals surface area contributed by atoms with Crippen LogP contribution in [-0.4, -0.2) is 90.9 Å². The molecule has 4 atom stereocenters. The van der Waals surface area contributed by atoms with Gasteiger partial charge in [0.25, 0.3) is 0 Å². The van der Waals surface area contributed by atoms with Crippen LogP contribution in [-0.2, 0) is 41.6 Å². The maximum Gasteiger partial charge on any atom is 0.325 e. The quantitative estimate of drug-likeness (QED) is 0.109. The van der Waals surface area contributed by atoms with Gasteiger partial charge in [0.2, 0.25) is 23.6 Å². The molecule has 13 nitrogen and oxygen atoms in total. The van der Waals surface area contributed by atoms with Gasteiger partial charge in [-0.3, -0.25) is 24.0 Å². The van der Waals surface area contributed by atoms with Gasteiger partial charge in [-0.2, -0.15) is 0 Å². The minimum absolute atomic E-state index is 0.165. The van der Waals surface area contributed by atoms with Crippen LogP contribution in [0, 0.1) is 5.41 Å². The number of hydrogen-bond acceptors (Lipinski definition) is 9. The molecule has 0 bridgehead atoms. The molecular formula is C37H55N7O6. The number of esters is 1. The Hall–Kier alpha value is -4.33. The summed E-state index contributed by atoms with van der Waals surface area (Å²) >= 11 is 0. The molecule has 1 saturated heterocycles. The number of benzene rings is 2. The molecule has 1 fully saturated rings. The van der Waals surface area contributed by atoms with Crippen molar-refractivity contribution in [1.82, 2.24) is 20.9 Å². The summed E-state index contributed by atoms with van der Waals surface area (Å²) in [5.74, 6) is -2.43. The van der Waals surface area contributed by atoms with Crippen LogP contribution < -0.4 is 33.2 Å². The third-order valence-electron chi connectivity index (χ3n) is 9.09. The Balaban J connectivity index is 1.78. The minimum Gasteiger partial charge on any atom is -0.468 e. The number of methoxy groups -OCH3 is 1. The standard InChI is InChI=1S/C37H55N7O6/c1-36(2,3)30(33(47)41-28(17-11-12-20-38)34(48)44-21-18-37(40,19-22-44)35(49)50-4)43-32(46)29(24-26-15-9-6-10-16-26)42-31(45)27(39)23-25-13-7-5-8-14-25/h5-10,13-16,27-30H,11-12,17-24,38-40H2,1-4H3,(H,41,47)(H,42,45)(H,43,46)/t27-,28-,29-,30+/m1/s1. The highest BCUT2D eigenvalue weighted by Gasteiger charge is 2.42. The number of nitrogens with zero attached hydrogens (tertiary/aromatic N) is 1. The fraction of sp³-hybridized carbons (Fsp3) is 0.541. The number of unbranched alkanes of at least 4 members (excludes halogenated alkanes) is 1. The maximum atomic E-state index is 14.0. The SMILES string of the molecule is COC(=O)C1(N)CCN(C(=O)[C@@H](CCCCN)NC(=O)[C@H](NC(=O)[C@@H](Cc2ccccc2)NC(=O)[C@H](N)Cc2ccccc2)C(C)(C)C)CC1. The van der Waals surface area contributed by atoms with Gasteiger partial charge in [0.1, 0.15) is 23.7 Å². The number of ether oxygens (including phenoxy) is 1. The zero-order valence-corrected chi connectivity index (χ0v) is 29.8. The van der Waals surface area contributed by atoms with E-state index in [1.54, 1.807) is 4.90 Å². The first-order valence-corrected chi connectivity index (χ1v) is 17.3. The molecule has 50 heavy (non-hydrogen) atoms. The molecule has 0 spiro atoms. The summed E-state index contributed by atoms with van der Waals surface area (Å²) in [5, 5.41) is 8.58. The van der Waals surface area contributed by atoms with Crippen LogP contribution in [0.15, 0.2) is 60.7 Å². The lowest BCUT2D eigenvalue weighted by Gasteiger charge is -2.39. The van der Waals surface area contributed by atoms with Gasteiger partial charge in [-0.15, -0.1) is 0 Å². The lowest BCUT2D eigenvalue weighted by atomic mass is 9.85. The number of rotatable bonds is 16. The monoisotopic (exact) mass is 693 g/mol. The van der Waals surface area contributed by atoms with Crippen LogP contribution in [0.2, 0.25) is 0 Å². The third-order valence-corrected chi connectivity index (χ3v) is 9.09. The number of hydrogen-bond donors (Lipinski definition) is 6. The molecule has 1 heterocycles. The summed E-state index contributed by atoms with van der Waals surface area (Å²) in [5.41, 5.74) is 18.0. The van der Waals surface area contributed by atoms with E-state index in [4.69, 9.17) is 21.9 Å². The molecule has 1 aliphatic rings. The zero-order chi connectivity index (χ0) is 36.9. The number of piperidine rings is 1. The Morgan fingerprint density at radius 3 is 1.86 bits per heavy atom. The molecule has 9 N–H and O–H groups in total. The van der Waals surface area contributed by atoms with E-state index < -0.39 is 58.8 Å². The first kappa shape index (κ1) is 40.1. The first-order valence-electron chi connectivity index (χ1n) is 17.3. The van der Waals surface area contributed by atoms with E-state index in [-0.39, 0.29) is 44.7 Å². The Morgan fingerprint density at radius 2 is 1.34 bits per heavy atom. The lowest BCUT2D eigenvalue weighted by molar-refractivity contribution is -0.151. The zero-order valence-electron chi connectivity index (χ0n) is 29.8. The van der Waals surface area contributed by atoms with Gasteiger partial charge in [-0.05, 0) is 61.6 Å². The van der Waals surface area contributed by atoms with Crippen molar-refractivity contribution in [3.63, 3.8) is 0 Å². The van der Waals surface area contributed by atoms with Crippen LogP contribution in [0.5, 0.6) is 0 Å². The fourth-order valence-corrected chi connectivity index (χ4v) is 5.98. The van der Waals surface area contributed by atoms with E-state index in [1.165, 1.54) is 7.11 Å². The van der Waals surface area contributed by atoms with Crippen LogP contribution in [0.4, 0.5) is 0 Å². The third kappa shape index (κ3) is 11.6. The Labute approximate surface area is 295 Å². The van der Waals surface area contributed by atoms with Gasteiger partial charge in [0.05, 0.1) is 13.2 Å².